The second kappa shape index (κ2) is 1.76. The molecule has 0 aromatic carbocycles. The average Bonchev–Trinajstić information content (AvgIpc) is 1.38. The lowest BCUT2D eigenvalue weighted by molar-refractivity contribution is -0.417. The molecule has 0 radical (unpaired) electrons. The molecule has 30 valence electrons. The van der Waals surface area contributed by atoms with Gasteiger partial charge < -0.3 is 5.21 Å². The summed E-state index contributed by atoms with van der Waals surface area (Å²) < 4.78 is 0.750. The van der Waals surface area contributed by atoms with E-state index in [1.54, 1.807) is 6.92 Å². The molecule has 0 aliphatic heterocycles. The first-order valence-electron chi connectivity index (χ1n) is 1.47. The van der Waals surface area contributed by atoms with Gasteiger partial charge in [0.15, 0.2) is 0 Å². The number of hydrogen-bond acceptors (Lipinski definition) is 1. The lowest BCUT2D eigenvalue weighted by Crippen LogP contribution is -1.89. The van der Waals surface area contributed by atoms with Gasteiger partial charge in [0.05, 0.1) is 0 Å². The Morgan fingerprint density at radius 1 is 1.80 bits per heavy atom. The van der Waals surface area contributed by atoms with E-state index in [4.69, 9.17) is 0 Å². The topological polar surface area (TPSA) is 26.1 Å². The molecule has 0 fully saturated rings. The molecule has 0 saturated carbocycles. The molecule has 0 aliphatic rings. The maximum absolute atomic E-state index is 9.67. The van der Waals surface area contributed by atoms with Crippen LogP contribution in [0.1, 0.15) is 6.92 Å². The average molecular weight is 73.1 g/mol. The quantitative estimate of drug-likeness (QED) is 0.174. The number of nitrogens with zero attached hydrogens (tertiary/aromatic N) is 1. The van der Waals surface area contributed by atoms with E-state index in [1.807, 2.05) is 0 Å². The van der Waals surface area contributed by atoms with Crippen molar-refractivity contribution in [3.05, 3.63) is 5.21 Å². The van der Waals surface area contributed by atoms with Gasteiger partial charge in [-0.05, 0) is 0 Å². The third-order valence-electron chi connectivity index (χ3n) is 0.364. The summed E-state index contributed by atoms with van der Waals surface area (Å²) >= 11 is 0. The Kier molecular flexibility index (Phi) is 1.57. The molecule has 0 aromatic heterocycles. The van der Waals surface area contributed by atoms with Crippen LogP contribution in [0, 0.1) is 5.21 Å². The smallest absolute Gasteiger partial charge is 0.147 e. The highest BCUT2D eigenvalue weighted by atomic mass is 16.5. The van der Waals surface area contributed by atoms with Crippen molar-refractivity contribution in [1.82, 2.24) is 0 Å². The molecule has 0 saturated heterocycles. The lowest BCUT2D eigenvalue weighted by Gasteiger charge is -1.86. The van der Waals surface area contributed by atoms with E-state index in [0.29, 0.717) is 0 Å². The van der Waals surface area contributed by atoms with Crippen LogP contribution < -0.4 is 0 Å². The van der Waals surface area contributed by atoms with E-state index in [9.17, 15) is 5.21 Å². The van der Waals surface area contributed by atoms with Gasteiger partial charge in [-0.25, -0.2) is 4.74 Å². The largest absolute Gasteiger partial charge is 0.624 e. The van der Waals surface area contributed by atoms with E-state index in [0.717, 1.165) is 4.74 Å². The van der Waals surface area contributed by atoms with Crippen molar-refractivity contribution in [2.75, 3.05) is 7.05 Å². The molecular weight excluding hydrogens is 66.0 g/mol. The van der Waals surface area contributed by atoms with Crippen molar-refractivity contribution < 1.29 is 4.74 Å². The Morgan fingerprint density at radius 2 is 2.00 bits per heavy atom. The maximum atomic E-state index is 9.67. The summed E-state index contributed by atoms with van der Waals surface area (Å²) in [6.07, 6.45) is 1.44. The van der Waals surface area contributed by atoms with Gasteiger partial charge in [0.25, 0.3) is 0 Å². The predicted molar refractivity (Wildman–Crippen MR) is 21.3 cm³/mol. The van der Waals surface area contributed by atoms with E-state index in [-0.39, 0.29) is 0 Å². The number of rotatable bonds is 0. The molecule has 0 aromatic rings. The summed E-state index contributed by atoms with van der Waals surface area (Å²) in [4.78, 5) is 0. The van der Waals surface area contributed by atoms with Gasteiger partial charge in [0.1, 0.15) is 13.3 Å². The first-order valence-corrected chi connectivity index (χ1v) is 1.47. The van der Waals surface area contributed by atoms with Crippen LogP contribution in [-0.4, -0.2) is 18.0 Å². The third-order valence-corrected chi connectivity index (χ3v) is 0.364. The van der Waals surface area contributed by atoms with Crippen molar-refractivity contribution in [3.63, 3.8) is 0 Å². The molecule has 0 heterocycles. The third kappa shape index (κ3) is 3.47. The van der Waals surface area contributed by atoms with Gasteiger partial charge in [-0.3, -0.25) is 0 Å². The molecule has 0 atom stereocenters. The minimum absolute atomic E-state index is 0.750. The zero-order valence-corrected chi connectivity index (χ0v) is 3.43. The zero-order valence-electron chi connectivity index (χ0n) is 3.43. The van der Waals surface area contributed by atoms with E-state index >= 15 is 0 Å². The fourth-order valence-electron chi connectivity index (χ4n) is 0. The van der Waals surface area contributed by atoms with Crippen LogP contribution in [0.2, 0.25) is 0 Å². The summed E-state index contributed by atoms with van der Waals surface area (Å²) in [6.45, 7) is 1.69. The molecule has 0 N–H and O–H groups in total. The maximum Gasteiger partial charge on any atom is 0.147 e. The molecule has 0 bridgehead atoms. The fraction of sp³-hybridized carbons (Fsp3) is 0.667. The molecule has 2 nitrogen and oxygen atoms in total. The second-order valence-electron chi connectivity index (χ2n) is 0.804. The SMILES string of the molecule is C/C=[N+](\C)[O-]. The Bertz CT molecular complexity index is 44.9. The number of hydrogen-bond donors (Lipinski definition) is 0. The van der Waals surface area contributed by atoms with Crippen molar-refractivity contribution in [1.29, 1.82) is 0 Å². The van der Waals surface area contributed by atoms with E-state index < -0.39 is 0 Å². The lowest BCUT2D eigenvalue weighted by atomic mass is 10.9. The summed E-state index contributed by atoms with van der Waals surface area (Å²) in [6, 6.07) is 0. The van der Waals surface area contributed by atoms with Gasteiger partial charge in [-0.2, -0.15) is 0 Å². The zero-order chi connectivity index (χ0) is 4.28. The van der Waals surface area contributed by atoms with Gasteiger partial charge in [0, 0.05) is 6.92 Å². The van der Waals surface area contributed by atoms with Crippen LogP contribution in [0.5, 0.6) is 0 Å². The number of hydroxylamine groups is 1. The van der Waals surface area contributed by atoms with Crippen molar-refractivity contribution >= 4 is 6.21 Å². The molecule has 0 spiro atoms. The molecular formula is C3H7NO. The first kappa shape index (κ1) is 4.47. The minimum atomic E-state index is 0.750. The summed E-state index contributed by atoms with van der Waals surface area (Å²) in [5.41, 5.74) is 0. The van der Waals surface area contributed by atoms with E-state index in [2.05, 4.69) is 0 Å². The van der Waals surface area contributed by atoms with Crippen molar-refractivity contribution in [2.24, 2.45) is 0 Å². The van der Waals surface area contributed by atoms with Crippen LogP contribution in [0.3, 0.4) is 0 Å². The van der Waals surface area contributed by atoms with Crippen LogP contribution in [0.25, 0.3) is 0 Å². The standard InChI is InChI=1S/C3H7NO/c1-3-4(2)5/h3H,1-2H3/b4-3+. The molecule has 5 heavy (non-hydrogen) atoms. The van der Waals surface area contributed by atoms with Gasteiger partial charge in [0.2, 0.25) is 0 Å². The molecule has 0 amide bonds. The normalized spacial score (nSPS) is 12.0. The summed E-state index contributed by atoms with van der Waals surface area (Å²) in [5, 5.41) is 9.67. The Morgan fingerprint density at radius 3 is 2.00 bits per heavy atom. The molecule has 2 heteroatoms. The molecule has 0 aliphatic carbocycles. The van der Waals surface area contributed by atoms with Crippen molar-refractivity contribution in [2.45, 2.75) is 6.92 Å². The second-order valence-corrected chi connectivity index (χ2v) is 0.804. The molecule has 0 rings (SSSR count). The highest BCUT2D eigenvalue weighted by Crippen LogP contribution is 1.47. The Balaban J connectivity index is 3.14. The first-order chi connectivity index (χ1) is 2.27. The van der Waals surface area contributed by atoms with Gasteiger partial charge in [-0.15, -0.1) is 0 Å². The minimum Gasteiger partial charge on any atom is -0.624 e. The predicted octanol–water partition coefficient (Wildman–Crippen LogP) is 0.217. The Labute approximate surface area is 31.3 Å². The fourth-order valence-corrected chi connectivity index (χ4v) is 0. The van der Waals surface area contributed by atoms with Crippen LogP contribution in [-0.2, 0) is 0 Å². The highest BCUT2D eigenvalue weighted by molar-refractivity contribution is 5.46. The van der Waals surface area contributed by atoms with Gasteiger partial charge in [-0.1, -0.05) is 0 Å². The Hall–Kier alpha value is -0.530. The van der Waals surface area contributed by atoms with Crippen LogP contribution in [0.15, 0.2) is 0 Å². The van der Waals surface area contributed by atoms with Crippen LogP contribution >= 0.6 is 0 Å². The highest BCUT2D eigenvalue weighted by Gasteiger charge is 1.57. The summed E-state index contributed by atoms with van der Waals surface area (Å²) in [5.74, 6) is 0. The van der Waals surface area contributed by atoms with Gasteiger partial charge >= 0.3 is 0 Å². The van der Waals surface area contributed by atoms with E-state index in [1.165, 1.54) is 13.3 Å². The summed E-state index contributed by atoms with van der Waals surface area (Å²) in [7, 11) is 1.44. The molecule has 0 unspecified atom stereocenters. The van der Waals surface area contributed by atoms with Crippen LogP contribution in [0.4, 0.5) is 0 Å². The van der Waals surface area contributed by atoms with Crippen molar-refractivity contribution in [3.8, 4) is 0 Å². The monoisotopic (exact) mass is 73.1 g/mol.